The summed E-state index contributed by atoms with van der Waals surface area (Å²) in [6.45, 7) is 9.49. The van der Waals surface area contributed by atoms with Crippen LogP contribution in [0.3, 0.4) is 0 Å². The third-order valence-corrected chi connectivity index (χ3v) is 5.79. The fourth-order valence-electron chi connectivity index (χ4n) is 3.39. The molecule has 0 radical (unpaired) electrons. The predicted octanol–water partition coefficient (Wildman–Crippen LogP) is 2.95. The molecule has 0 aliphatic heterocycles. The lowest BCUT2D eigenvalue weighted by Crippen LogP contribution is -2.49. The summed E-state index contributed by atoms with van der Waals surface area (Å²) in [6, 6.07) is 3.20. The third-order valence-electron chi connectivity index (χ3n) is 5.79. The van der Waals surface area contributed by atoms with E-state index in [-0.39, 0.29) is 47.8 Å². The van der Waals surface area contributed by atoms with E-state index < -0.39 is 30.1 Å². The van der Waals surface area contributed by atoms with Gasteiger partial charge in [0, 0.05) is 36.3 Å². The number of benzene rings is 1. The number of methoxy groups -OCH3 is 1. The third kappa shape index (κ3) is 9.24. The molecule has 0 saturated carbocycles. The Morgan fingerprint density at radius 3 is 2.34 bits per heavy atom. The Bertz CT molecular complexity index is 953. The summed E-state index contributed by atoms with van der Waals surface area (Å²) in [4.78, 5) is 37.8. The van der Waals surface area contributed by atoms with Crippen LogP contribution < -0.4 is 11.1 Å². The zero-order valence-corrected chi connectivity index (χ0v) is 21.0. The number of primary amides is 1. The van der Waals surface area contributed by atoms with E-state index in [2.05, 4.69) is 11.9 Å². The lowest BCUT2D eigenvalue weighted by Gasteiger charge is -2.28. The van der Waals surface area contributed by atoms with E-state index in [1.54, 1.807) is 25.2 Å². The van der Waals surface area contributed by atoms with Crippen LogP contribution in [0, 0.1) is 5.92 Å². The summed E-state index contributed by atoms with van der Waals surface area (Å²) in [5, 5.41) is 24.0. The highest BCUT2D eigenvalue weighted by atomic mass is 16.5. The number of amides is 2. The number of ketones is 1. The Labute approximate surface area is 207 Å². The van der Waals surface area contributed by atoms with Gasteiger partial charge in [-0.05, 0) is 50.0 Å². The molecule has 2 amide bonds. The molecule has 1 aromatic carbocycles. The van der Waals surface area contributed by atoms with E-state index in [1.807, 2.05) is 19.9 Å². The van der Waals surface area contributed by atoms with Gasteiger partial charge in [0.2, 0.25) is 5.91 Å². The second-order valence-electron chi connectivity index (χ2n) is 8.43. The van der Waals surface area contributed by atoms with Gasteiger partial charge >= 0.3 is 0 Å². The van der Waals surface area contributed by atoms with Crippen molar-refractivity contribution >= 4 is 17.6 Å². The molecule has 35 heavy (non-hydrogen) atoms. The van der Waals surface area contributed by atoms with Crippen molar-refractivity contribution in [1.82, 2.24) is 5.32 Å². The highest BCUT2D eigenvalue weighted by Gasteiger charge is 2.29. The van der Waals surface area contributed by atoms with E-state index in [0.717, 1.165) is 5.57 Å². The first-order valence-corrected chi connectivity index (χ1v) is 11.7. The zero-order chi connectivity index (χ0) is 26.5. The first kappa shape index (κ1) is 30.0. The minimum atomic E-state index is -1.32. The fourth-order valence-corrected chi connectivity index (χ4v) is 3.39. The van der Waals surface area contributed by atoms with Gasteiger partial charge in [-0.2, -0.15) is 0 Å². The molecule has 8 heteroatoms. The van der Waals surface area contributed by atoms with Crippen molar-refractivity contribution < 1.29 is 29.3 Å². The number of nitrogens with one attached hydrogen (secondary N) is 1. The fraction of sp³-hybridized carbons (Fsp3) is 0.444. The second-order valence-corrected chi connectivity index (χ2v) is 8.43. The Morgan fingerprint density at radius 1 is 1.17 bits per heavy atom. The Kier molecular flexibility index (Phi) is 12.9. The molecule has 0 spiro atoms. The molecule has 0 fully saturated rings. The monoisotopic (exact) mass is 486 g/mol. The van der Waals surface area contributed by atoms with Crippen LogP contribution in [0.25, 0.3) is 0 Å². The number of rotatable bonds is 15. The molecule has 4 unspecified atom stereocenters. The minimum absolute atomic E-state index is 0.0290. The van der Waals surface area contributed by atoms with Crippen molar-refractivity contribution in [3.63, 3.8) is 0 Å². The smallest absolute Gasteiger partial charge is 0.251 e. The molecule has 1 aromatic rings. The van der Waals surface area contributed by atoms with Crippen LogP contribution in [0.15, 0.2) is 54.7 Å². The molecule has 0 aliphatic carbocycles. The van der Waals surface area contributed by atoms with Crippen LogP contribution in [0.4, 0.5) is 0 Å². The molecule has 8 nitrogen and oxygen atoms in total. The van der Waals surface area contributed by atoms with E-state index in [1.165, 1.54) is 25.3 Å². The highest BCUT2D eigenvalue weighted by Crippen LogP contribution is 2.19. The van der Waals surface area contributed by atoms with Crippen LogP contribution in [0.2, 0.25) is 0 Å². The maximum absolute atomic E-state index is 13.2. The Balaban J connectivity index is 3.36. The van der Waals surface area contributed by atoms with Gasteiger partial charge in [-0.15, -0.1) is 0 Å². The summed E-state index contributed by atoms with van der Waals surface area (Å²) in [6.07, 6.45) is 5.48. The molecule has 0 aromatic heterocycles. The van der Waals surface area contributed by atoms with Crippen molar-refractivity contribution in [3.8, 4) is 0 Å². The highest BCUT2D eigenvalue weighted by molar-refractivity contribution is 6.05. The molecule has 4 atom stereocenters. The van der Waals surface area contributed by atoms with Crippen LogP contribution in [0.5, 0.6) is 0 Å². The zero-order valence-electron chi connectivity index (χ0n) is 21.0. The average Bonchev–Trinajstić information content (AvgIpc) is 2.86. The van der Waals surface area contributed by atoms with E-state index >= 15 is 0 Å². The molecule has 1 rings (SSSR count). The van der Waals surface area contributed by atoms with Gasteiger partial charge in [-0.1, -0.05) is 44.7 Å². The predicted molar refractivity (Wildman–Crippen MR) is 136 cm³/mol. The van der Waals surface area contributed by atoms with Crippen molar-refractivity contribution in [3.05, 3.63) is 71.3 Å². The Morgan fingerprint density at radius 2 is 1.80 bits per heavy atom. The molecule has 0 bridgehead atoms. The number of allylic oxidation sites excluding steroid dienone is 4. The van der Waals surface area contributed by atoms with Crippen LogP contribution in [-0.4, -0.2) is 59.8 Å². The first-order chi connectivity index (χ1) is 16.6. The maximum atomic E-state index is 13.2. The maximum Gasteiger partial charge on any atom is 0.251 e. The topological polar surface area (TPSA) is 139 Å². The van der Waals surface area contributed by atoms with E-state index in [9.17, 15) is 24.6 Å². The summed E-state index contributed by atoms with van der Waals surface area (Å²) in [5.41, 5.74) is 6.45. The van der Waals surface area contributed by atoms with Gasteiger partial charge in [0.25, 0.3) is 5.91 Å². The van der Waals surface area contributed by atoms with Crippen LogP contribution in [-0.2, 0) is 4.74 Å². The van der Waals surface area contributed by atoms with Gasteiger partial charge in [0.1, 0.15) is 6.10 Å². The minimum Gasteiger partial charge on any atom is -0.390 e. The lowest BCUT2D eigenvalue weighted by atomic mass is 9.93. The normalized spacial score (nSPS) is 15.3. The van der Waals surface area contributed by atoms with Gasteiger partial charge < -0.3 is 26.0 Å². The van der Waals surface area contributed by atoms with Crippen LogP contribution >= 0.6 is 0 Å². The number of hydrogen-bond donors (Lipinski definition) is 4. The standard InChI is InChI=1S/C27H38N2O6/c1-6-9-10-18(8-3)13-22(25(32)23(30)11-12-35-5)29-27(34)21-15-19(24(31)17(4)7-2)14-20(16-21)26(28)33/h6,8-10,14-17,22-23,25,30,32H,3,7,11-13H2,1-2,4-5H3,(H2,28,33)(H,29,34)/b9-6-,18-10+. The van der Waals surface area contributed by atoms with Crippen molar-refractivity contribution in [2.75, 3.05) is 13.7 Å². The van der Waals surface area contributed by atoms with Gasteiger partial charge in [-0.25, -0.2) is 0 Å². The average molecular weight is 487 g/mol. The summed E-state index contributed by atoms with van der Waals surface area (Å²) >= 11 is 0. The molecular formula is C27H38N2O6. The number of aliphatic hydroxyl groups is 2. The molecule has 5 N–H and O–H groups in total. The Hall–Kier alpha value is -3.07. The largest absolute Gasteiger partial charge is 0.390 e. The molecule has 0 aliphatic rings. The number of nitrogens with two attached hydrogens (primary N) is 1. The van der Waals surface area contributed by atoms with Crippen molar-refractivity contribution in [1.29, 1.82) is 0 Å². The number of aliphatic hydroxyl groups excluding tert-OH is 2. The van der Waals surface area contributed by atoms with Gasteiger partial charge in [-0.3, -0.25) is 14.4 Å². The summed E-state index contributed by atoms with van der Waals surface area (Å²) in [7, 11) is 1.48. The summed E-state index contributed by atoms with van der Waals surface area (Å²) in [5.74, 6) is -1.90. The van der Waals surface area contributed by atoms with Crippen molar-refractivity contribution in [2.45, 2.75) is 58.3 Å². The lowest BCUT2D eigenvalue weighted by molar-refractivity contribution is -0.0175. The number of hydrogen-bond acceptors (Lipinski definition) is 6. The molecular weight excluding hydrogens is 448 g/mol. The number of Topliss-reactive ketones (excluding diaryl/α,β-unsaturated/α-hetero) is 1. The van der Waals surface area contributed by atoms with Gasteiger partial charge in [0.15, 0.2) is 5.78 Å². The first-order valence-electron chi connectivity index (χ1n) is 11.7. The van der Waals surface area contributed by atoms with Gasteiger partial charge in [0.05, 0.1) is 12.1 Å². The quantitative estimate of drug-likeness (QED) is 0.222. The number of ether oxygens (including phenoxy) is 1. The SMILES string of the molecule is C=C/C(=C\C=C/C)CC(NC(=O)c1cc(C(N)=O)cc(C(=O)C(C)CC)c1)C(O)C(O)CCOC. The molecule has 192 valence electrons. The van der Waals surface area contributed by atoms with Crippen molar-refractivity contribution in [2.24, 2.45) is 11.7 Å². The van der Waals surface area contributed by atoms with E-state index in [4.69, 9.17) is 10.5 Å². The second kappa shape index (κ2) is 15.0. The molecule has 0 heterocycles. The number of carbonyl (C=O) groups is 3. The van der Waals surface area contributed by atoms with Crippen LogP contribution in [0.1, 0.15) is 71.1 Å². The molecule has 0 saturated heterocycles. The van der Waals surface area contributed by atoms with E-state index in [0.29, 0.717) is 6.42 Å². The number of carbonyl (C=O) groups excluding carboxylic acids is 3. The summed E-state index contributed by atoms with van der Waals surface area (Å²) < 4.78 is 4.98.